The molecule has 2 aliphatic rings. The Bertz CT molecular complexity index is 343. The maximum absolute atomic E-state index is 12.1. The van der Waals surface area contributed by atoms with Gasteiger partial charge in [0.05, 0.1) is 0 Å². The van der Waals surface area contributed by atoms with Crippen LogP contribution in [0.3, 0.4) is 0 Å². The van der Waals surface area contributed by atoms with Gasteiger partial charge >= 0.3 is 0 Å². The molecule has 122 valence electrons. The summed E-state index contributed by atoms with van der Waals surface area (Å²) in [5, 5.41) is 3.50. The predicted molar refractivity (Wildman–Crippen MR) is 87.0 cm³/mol. The third-order valence-corrected chi connectivity index (χ3v) is 5.41. The highest BCUT2D eigenvalue weighted by molar-refractivity contribution is 5.85. The molecule has 0 radical (unpaired) electrons. The van der Waals surface area contributed by atoms with Crippen molar-refractivity contribution in [2.45, 2.75) is 64.3 Å². The summed E-state index contributed by atoms with van der Waals surface area (Å²) in [5.41, 5.74) is 5.34. The Balaban J connectivity index is 1.90. The number of carbonyl (C=O) groups is 1. The molecule has 2 fully saturated rings. The number of carbonyl (C=O) groups excluding carboxylic acids is 1. The SMILES string of the molecule is CCCNC1(C(N)=O)CCCC1CCN(CC)CC1CC1. The molecular weight excluding hydrogens is 262 g/mol. The lowest BCUT2D eigenvalue weighted by molar-refractivity contribution is -0.126. The molecule has 2 unspecified atom stereocenters. The molecule has 0 spiro atoms. The molecule has 4 nitrogen and oxygen atoms in total. The summed E-state index contributed by atoms with van der Waals surface area (Å²) in [6, 6.07) is 0. The molecular formula is C17H33N3O. The molecule has 0 bridgehead atoms. The summed E-state index contributed by atoms with van der Waals surface area (Å²) in [5.74, 6) is 1.21. The largest absolute Gasteiger partial charge is 0.368 e. The number of hydrogen-bond acceptors (Lipinski definition) is 3. The maximum atomic E-state index is 12.1. The summed E-state index contributed by atoms with van der Waals surface area (Å²) >= 11 is 0. The highest BCUT2D eigenvalue weighted by atomic mass is 16.1. The topological polar surface area (TPSA) is 58.4 Å². The van der Waals surface area contributed by atoms with Crippen LogP contribution in [-0.2, 0) is 4.79 Å². The van der Waals surface area contributed by atoms with Crippen molar-refractivity contribution in [3.8, 4) is 0 Å². The van der Waals surface area contributed by atoms with Gasteiger partial charge in [-0.3, -0.25) is 4.79 Å². The van der Waals surface area contributed by atoms with Crippen LogP contribution >= 0.6 is 0 Å². The molecule has 2 aliphatic carbocycles. The summed E-state index contributed by atoms with van der Waals surface area (Å²) in [7, 11) is 0. The number of nitrogens with zero attached hydrogens (tertiary/aromatic N) is 1. The quantitative estimate of drug-likeness (QED) is 0.649. The van der Waals surface area contributed by atoms with Crippen LogP contribution in [0.25, 0.3) is 0 Å². The number of amides is 1. The number of primary amides is 1. The fraction of sp³-hybridized carbons (Fsp3) is 0.941. The fourth-order valence-corrected chi connectivity index (χ4v) is 3.84. The van der Waals surface area contributed by atoms with E-state index in [4.69, 9.17) is 5.73 Å². The van der Waals surface area contributed by atoms with E-state index in [9.17, 15) is 4.79 Å². The molecule has 0 aromatic heterocycles. The molecule has 2 atom stereocenters. The molecule has 0 heterocycles. The number of hydrogen-bond donors (Lipinski definition) is 2. The fourth-order valence-electron chi connectivity index (χ4n) is 3.84. The second kappa shape index (κ2) is 7.59. The minimum absolute atomic E-state index is 0.135. The minimum atomic E-state index is -0.436. The van der Waals surface area contributed by atoms with Crippen molar-refractivity contribution in [2.24, 2.45) is 17.6 Å². The van der Waals surface area contributed by atoms with Gasteiger partial charge in [-0.2, -0.15) is 0 Å². The zero-order chi connectivity index (χ0) is 15.3. The normalized spacial score (nSPS) is 29.2. The molecule has 0 aromatic rings. The predicted octanol–water partition coefficient (Wildman–Crippen LogP) is 2.13. The summed E-state index contributed by atoms with van der Waals surface area (Å²) in [6.07, 6.45) is 8.14. The van der Waals surface area contributed by atoms with Gasteiger partial charge in [-0.15, -0.1) is 0 Å². The van der Waals surface area contributed by atoms with E-state index < -0.39 is 5.54 Å². The van der Waals surface area contributed by atoms with Crippen LogP contribution in [0.2, 0.25) is 0 Å². The molecule has 1 amide bonds. The van der Waals surface area contributed by atoms with Crippen LogP contribution in [0.1, 0.15) is 58.8 Å². The van der Waals surface area contributed by atoms with Crippen molar-refractivity contribution in [3.63, 3.8) is 0 Å². The first-order valence-electron chi connectivity index (χ1n) is 8.89. The Morgan fingerprint density at radius 2 is 2.10 bits per heavy atom. The highest BCUT2D eigenvalue weighted by Crippen LogP contribution is 2.38. The van der Waals surface area contributed by atoms with E-state index in [-0.39, 0.29) is 5.91 Å². The lowest BCUT2D eigenvalue weighted by atomic mass is 9.83. The molecule has 3 N–H and O–H groups in total. The van der Waals surface area contributed by atoms with Gasteiger partial charge in [-0.1, -0.05) is 20.3 Å². The van der Waals surface area contributed by atoms with Gasteiger partial charge < -0.3 is 16.0 Å². The van der Waals surface area contributed by atoms with Crippen molar-refractivity contribution in [1.29, 1.82) is 0 Å². The number of nitrogens with one attached hydrogen (secondary N) is 1. The number of nitrogens with two attached hydrogens (primary N) is 1. The first-order valence-corrected chi connectivity index (χ1v) is 8.89. The Morgan fingerprint density at radius 1 is 1.33 bits per heavy atom. The monoisotopic (exact) mass is 295 g/mol. The van der Waals surface area contributed by atoms with E-state index in [1.54, 1.807) is 0 Å². The van der Waals surface area contributed by atoms with Gasteiger partial charge in [0.15, 0.2) is 0 Å². The molecule has 2 saturated carbocycles. The summed E-state index contributed by atoms with van der Waals surface area (Å²) in [6.45, 7) is 8.75. The summed E-state index contributed by atoms with van der Waals surface area (Å²) in [4.78, 5) is 14.6. The number of rotatable bonds is 10. The van der Waals surface area contributed by atoms with Gasteiger partial charge in [-0.25, -0.2) is 0 Å². The van der Waals surface area contributed by atoms with Crippen molar-refractivity contribution in [2.75, 3.05) is 26.2 Å². The average molecular weight is 295 g/mol. The van der Waals surface area contributed by atoms with Gasteiger partial charge in [0.25, 0.3) is 0 Å². The van der Waals surface area contributed by atoms with Crippen LogP contribution in [0.4, 0.5) is 0 Å². The van der Waals surface area contributed by atoms with Crippen molar-refractivity contribution >= 4 is 5.91 Å². The molecule has 0 aromatic carbocycles. The zero-order valence-electron chi connectivity index (χ0n) is 13.9. The maximum Gasteiger partial charge on any atom is 0.238 e. The van der Waals surface area contributed by atoms with E-state index >= 15 is 0 Å². The van der Waals surface area contributed by atoms with E-state index in [0.717, 1.165) is 57.7 Å². The van der Waals surface area contributed by atoms with E-state index in [2.05, 4.69) is 24.1 Å². The Morgan fingerprint density at radius 3 is 2.67 bits per heavy atom. The van der Waals surface area contributed by atoms with Gasteiger partial charge in [0.1, 0.15) is 5.54 Å². The van der Waals surface area contributed by atoms with Crippen molar-refractivity contribution in [3.05, 3.63) is 0 Å². The third-order valence-electron chi connectivity index (χ3n) is 5.41. The first-order chi connectivity index (χ1) is 10.1. The van der Waals surface area contributed by atoms with Crippen LogP contribution in [0.15, 0.2) is 0 Å². The Labute approximate surface area is 129 Å². The van der Waals surface area contributed by atoms with E-state index in [1.807, 2.05) is 0 Å². The van der Waals surface area contributed by atoms with E-state index in [0.29, 0.717) is 5.92 Å². The van der Waals surface area contributed by atoms with Crippen LogP contribution < -0.4 is 11.1 Å². The highest BCUT2D eigenvalue weighted by Gasteiger charge is 2.46. The van der Waals surface area contributed by atoms with Crippen molar-refractivity contribution < 1.29 is 4.79 Å². The third kappa shape index (κ3) is 4.19. The first kappa shape index (κ1) is 16.8. The Hall–Kier alpha value is -0.610. The summed E-state index contributed by atoms with van der Waals surface area (Å²) < 4.78 is 0. The van der Waals surface area contributed by atoms with Crippen LogP contribution in [0, 0.1) is 11.8 Å². The Kier molecular flexibility index (Phi) is 6.06. The minimum Gasteiger partial charge on any atom is -0.368 e. The standard InChI is InChI=1S/C17H33N3O/c1-3-11-19-17(16(18)21)10-5-6-15(17)9-12-20(4-2)13-14-7-8-14/h14-15,19H,3-13H2,1-2H3,(H2,18,21). The molecule has 4 heteroatoms. The second-order valence-corrected chi connectivity index (χ2v) is 6.98. The second-order valence-electron chi connectivity index (χ2n) is 6.98. The lowest BCUT2D eigenvalue weighted by Crippen LogP contribution is -2.58. The molecule has 2 rings (SSSR count). The molecule has 21 heavy (non-hydrogen) atoms. The van der Waals surface area contributed by atoms with Crippen LogP contribution in [-0.4, -0.2) is 42.5 Å². The van der Waals surface area contributed by atoms with Gasteiger partial charge in [0.2, 0.25) is 5.91 Å². The zero-order valence-corrected chi connectivity index (χ0v) is 13.9. The molecule has 0 aliphatic heterocycles. The van der Waals surface area contributed by atoms with Gasteiger partial charge in [-0.05, 0) is 70.0 Å². The van der Waals surface area contributed by atoms with Crippen LogP contribution in [0.5, 0.6) is 0 Å². The van der Waals surface area contributed by atoms with Crippen molar-refractivity contribution in [1.82, 2.24) is 10.2 Å². The van der Waals surface area contributed by atoms with Gasteiger partial charge in [0, 0.05) is 6.54 Å². The smallest absolute Gasteiger partial charge is 0.238 e. The lowest BCUT2D eigenvalue weighted by Gasteiger charge is -2.35. The molecule has 0 saturated heterocycles. The average Bonchev–Trinajstić information content (AvgIpc) is 3.19. The van der Waals surface area contributed by atoms with E-state index in [1.165, 1.54) is 19.4 Å².